The Balaban J connectivity index is 1.95. The molecule has 1 saturated heterocycles. The Morgan fingerprint density at radius 2 is 1.56 bits per heavy atom. The van der Waals surface area contributed by atoms with Gasteiger partial charge in [-0.25, -0.2) is 9.59 Å². The molecule has 7 nitrogen and oxygen atoms in total. The molecule has 0 aromatic heterocycles. The molecule has 1 unspecified atom stereocenters. The number of para-hydroxylation sites is 2. The Hall–Kier alpha value is -3.19. The first-order valence-corrected chi connectivity index (χ1v) is 8.71. The van der Waals surface area contributed by atoms with Crippen LogP contribution in [0.4, 0.5) is 16.2 Å². The summed E-state index contributed by atoms with van der Waals surface area (Å²) in [5, 5.41) is 3.07. The number of hydrogen-bond donors (Lipinski definition) is 1. The summed E-state index contributed by atoms with van der Waals surface area (Å²) in [6.45, 7) is 2.27. The van der Waals surface area contributed by atoms with Gasteiger partial charge >= 0.3 is 18.0 Å². The quantitative estimate of drug-likeness (QED) is 0.665. The van der Waals surface area contributed by atoms with Crippen molar-refractivity contribution in [2.75, 3.05) is 24.5 Å². The fourth-order valence-electron chi connectivity index (χ4n) is 3.01. The molecule has 2 aromatic carbocycles. The maximum absolute atomic E-state index is 13.4. The van der Waals surface area contributed by atoms with Crippen molar-refractivity contribution in [1.29, 1.82) is 0 Å². The van der Waals surface area contributed by atoms with Gasteiger partial charge in [-0.1, -0.05) is 36.4 Å². The van der Waals surface area contributed by atoms with E-state index in [2.05, 4.69) is 5.32 Å². The molecule has 0 saturated carbocycles. The number of anilines is 2. The number of nitrogens with one attached hydrogen (secondary N) is 1. The number of hydrogen-bond acceptors (Lipinski definition) is 5. The number of benzene rings is 2. The van der Waals surface area contributed by atoms with Crippen LogP contribution in [-0.4, -0.2) is 48.5 Å². The van der Waals surface area contributed by atoms with E-state index in [0.29, 0.717) is 24.5 Å². The lowest BCUT2D eigenvalue weighted by molar-refractivity contribution is -0.161. The third kappa shape index (κ3) is 4.32. The Bertz CT molecular complexity index is 771. The summed E-state index contributed by atoms with van der Waals surface area (Å²) in [6.07, 6.45) is 0. The van der Waals surface area contributed by atoms with Crippen LogP contribution in [0.3, 0.4) is 0 Å². The van der Waals surface area contributed by atoms with Crippen molar-refractivity contribution in [2.45, 2.75) is 13.0 Å². The molecule has 140 valence electrons. The van der Waals surface area contributed by atoms with Crippen molar-refractivity contribution < 1.29 is 19.1 Å². The van der Waals surface area contributed by atoms with Gasteiger partial charge in [0.05, 0.1) is 11.4 Å². The molecule has 1 aliphatic rings. The normalized spacial score (nSPS) is 16.5. The molecule has 2 amide bonds. The van der Waals surface area contributed by atoms with E-state index in [4.69, 9.17) is 4.74 Å². The number of rotatable bonds is 3. The van der Waals surface area contributed by atoms with Crippen LogP contribution >= 0.6 is 0 Å². The second-order valence-electron chi connectivity index (χ2n) is 6.12. The van der Waals surface area contributed by atoms with Crippen LogP contribution in [0.2, 0.25) is 0 Å². The van der Waals surface area contributed by atoms with Gasteiger partial charge in [0.25, 0.3) is 0 Å². The predicted octanol–water partition coefficient (Wildman–Crippen LogP) is 2.31. The lowest BCUT2D eigenvalue weighted by Crippen LogP contribution is -2.60. The van der Waals surface area contributed by atoms with Gasteiger partial charge in [-0.2, -0.15) is 0 Å². The maximum Gasteiger partial charge on any atom is 0.337 e. The van der Waals surface area contributed by atoms with E-state index in [-0.39, 0.29) is 12.6 Å². The molecular formula is C20H21N3O4. The first kappa shape index (κ1) is 18.6. The monoisotopic (exact) mass is 367 g/mol. The zero-order valence-corrected chi connectivity index (χ0v) is 15.0. The number of esters is 2. The molecule has 0 aliphatic carbocycles. The lowest BCUT2D eigenvalue weighted by Gasteiger charge is -2.37. The van der Waals surface area contributed by atoms with Gasteiger partial charge in [-0.15, -0.1) is 0 Å². The SMILES string of the molecule is CC(=O)OC(=O)C1CNCCN1C(=O)N(c1ccccc1)c1ccccc1. The minimum Gasteiger partial charge on any atom is -0.392 e. The summed E-state index contributed by atoms with van der Waals surface area (Å²) in [4.78, 5) is 39.9. The molecule has 1 aliphatic heterocycles. The number of carbonyl (C=O) groups excluding carboxylic acids is 3. The van der Waals surface area contributed by atoms with Crippen LogP contribution < -0.4 is 10.2 Å². The molecular weight excluding hydrogens is 346 g/mol. The van der Waals surface area contributed by atoms with Crippen LogP contribution in [0, 0.1) is 0 Å². The minimum atomic E-state index is -0.870. The third-order valence-electron chi connectivity index (χ3n) is 4.23. The van der Waals surface area contributed by atoms with E-state index in [1.807, 2.05) is 60.7 Å². The summed E-state index contributed by atoms with van der Waals surface area (Å²) in [5.74, 6) is -1.43. The molecule has 1 N–H and O–H groups in total. The van der Waals surface area contributed by atoms with Crippen molar-refractivity contribution in [3.63, 3.8) is 0 Å². The van der Waals surface area contributed by atoms with E-state index >= 15 is 0 Å². The summed E-state index contributed by atoms with van der Waals surface area (Å²) in [6, 6.07) is 17.2. The average Bonchev–Trinajstić information content (AvgIpc) is 2.69. The van der Waals surface area contributed by atoms with Crippen molar-refractivity contribution >= 4 is 29.3 Å². The standard InChI is InChI=1S/C20H21N3O4/c1-15(24)27-19(25)18-14-21-12-13-22(18)20(26)23(16-8-4-2-5-9-16)17-10-6-3-7-11-17/h2-11,18,21H,12-14H2,1H3. The Morgan fingerprint density at radius 3 is 2.07 bits per heavy atom. The zero-order chi connectivity index (χ0) is 19.2. The van der Waals surface area contributed by atoms with E-state index in [1.165, 1.54) is 11.8 Å². The topological polar surface area (TPSA) is 79.0 Å². The van der Waals surface area contributed by atoms with Crippen molar-refractivity contribution in [3.05, 3.63) is 60.7 Å². The Morgan fingerprint density at radius 1 is 1.00 bits per heavy atom. The lowest BCUT2D eigenvalue weighted by atomic mass is 10.2. The van der Waals surface area contributed by atoms with E-state index < -0.39 is 18.0 Å². The highest BCUT2D eigenvalue weighted by Gasteiger charge is 2.37. The Labute approximate surface area is 157 Å². The first-order valence-electron chi connectivity index (χ1n) is 8.71. The van der Waals surface area contributed by atoms with E-state index in [9.17, 15) is 14.4 Å². The molecule has 27 heavy (non-hydrogen) atoms. The van der Waals surface area contributed by atoms with Crippen molar-refractivity contribution in [3.8, 4) is 0 Å². The summed E-state index contributed by atoms with van der Waals surface area (Å²) < 4.78 is 4.73. The van der Waals surface area contributed by atoms with E-state index in [0.717, 1.165) is 0 Å². The molecule has 0 bridgehead atoms. The summed E-state index contributed by atoms with van der Waals surface area (Å²) >= 11 is 0. The molecule has 7 heteroatoms. The van der Waals surface area contributed by atoms with Gasteiger partial charge in [-0.3, -0.25) is 9.69 Å². The van der Waals surface area contributed by atoms with Crippen molar-refractivity contribution in [1.82, 2.24) is 10.2 Å². The predicted molar refractivity (Wildman–Crippen MR) is 101 cm³/mol. The fraction of sp³-hybridized carbons (Fsp3) is 0.250. The molecule has 1 atom stereocenters. The zero-order valence-electron chi connectivity index (χ0n) is 15.0. The molecule has 0 radical (unpaired) electrons. The molecule has 0 spiro atoms. The van der Waals surface area contributed by atoms with Crippen LogP contribution in [0.25, 0.3) is 0 Å². The number of urea groups is 1. The summed E-state index contributed by atoms with van der Waals surface area (Å²) in [7, 11) is 0. The number of amides is 2. The van der Waals surface area contributed by atoms with Gasteiger partial charge in [-0.05, 0) is 24.3 Å². The molecule has 3 rings (SSSR count). The van der Waals surface area contributed by atoms with Crippen molar-refractivity contribution in [2.24, 2.45) is 0 Å². The van der Waals surface area contributed by atoms with Gasteiger partial charge in [0.15, 0.2) is 0 Å². The number of ether oxygens (including phenoxy) is 1. The maximum atomic E-state index is 13.4. The fourth-order valence-corrected chi connectivity index (χ4v) is 3.01. The first-order chi connectivity index (χ1) is 13.1. The number of nitrogens with zero attached hydrogens (tertiary/aromatic N) is 2. The van der Waals surface area contributed by atoms with Crippen LogP contribution in [0.5, 0.6) is 0 Å². The van der Waals surface area contributed by atoms with Crippen LogP contribution in [0.15, 0.2) is 60.7 Å². The second kappa shape index (κ2) is 8.46. The Kier molecular flexibility index (Phi) is 5.83. The smallest absolute Gasteiger partial charge is 0.337 e. The summed E-state index contributed by atoms with van der Waals surface area (Å²) in [5.41, 5.74) is 1.37. The number of piperazine rings is 1. The van der Waals surface area contributed by atoms with Gasteiger partial charge in [0.1, 0.15) is 6.04 Å². The third-order valence-corrected chi connectivity index (χ3v) is 4.23. The van der Waals surface area contributed by atoms with E-state index in [1.54, 1.807) is 4.90 Å². The van der Waals surface area contributed by atoms with Crippen LogP contribution in [-0.2, 0) is 14.3 Å². The van der Waals surface area contributed by atoms with Gasteiger partial charge < -0.3 is 15.0 Å². The highest BCUT2D eigenvalue weighted by molar-refractivity contribution is 6.01. The highest BCUT2D eigenvalue weighted by atomic mass is 16.6. The largest absolute Gasteiger partial charge is 0.392 e. The minimum absolute atomic E-state index is 0.231. The van der Waals surface area contributed by atoms with Crippen LogP contribution in [0.1, 0.15) is 6.92 Å². The molecule has 2 aromatic rings. The molecule has 1 fully saturated rings. The highest BCUT2D eigenvalue weighted by Crippen LogP contribution is 2.27. The van der Waals surface area contributed by atoms with Gasteiger partial charge in [0.2, 0.25) is 0 Å². The average molecular weight is 367 g/mol. The second-order valence-corrected chi connectivity index (χ2v) is 6.12. The molecule has 1 heterocycles. The van der Waals surface area contributed by atoms with Gasteiger partial charge in [0, 0.05) is 26.6 Å². The number of carbonyl (C=O) groups is 3.